The zero-order chi connectivity index (χ0) is 11.2. The van der Waals surface area contributed by atoms with Crippen LogP contribution in [-0.2, 0) is 10.3 Å². The van der Waals surface area contributed by atoms with E-state index in [0.717, 1.165) is 6.42 Å². The summed E-state index contributed by atoms with van der Waals surface area (Å²) in [7, 11) is 0. The van der Waals surface area contributed by atoms with Gasteiger partial charge in [0, 0.05) is 10.3 Å². The van der Waals surface area contributed by atoms with Gasteiger partial charge in [-0.2, -0.15) is 0 Å². The third-order valence-corrected chi connectivity index (χ3v) is 5.57. The van der Waals surface area contributed by atoms with Crippen LogP contribution < -0.4 is 0 Å². The van der Waals surface area contributed by atoms with Crippen molar-refractivity contribution in [2.24, 2.45) is 0 Å². The predicted octanol–water partition coefficient (Wildman–Crippen LogP) is 4.54. The Hall–Kier alpha value is -0.790. The van der Waals surface area contributed by atoms with E-state index < -0.39 is 0 Å². The maximum atomic E-state index is 6.76. The van der Waals surface area contributed by atoms with Crippen LogP contribution in [0.15, 0.2) is 47.8 Å². The van der Waals surface area contributed by atoms with E-state index in [2.05, 4.69) is 54.8 Å². The molecule has 16 heavy (non-hydrogen) atoms. The molecule has 0 aliphatic heterocycles. The number of alkyl halides is 1. The van der Waals surface area contributed by atoms with Crippen molar-refractivity contribution in [1.82, 2.24) is 0 Å². The summed E-state index contributed by atoms with van der Waals surface area (Å²) in [5.41, 5.74) is 1.44. The summed E-state index contributed by atoms with van der Waals surface area (Å²) in [6, 6.07) is 14.8. The maximum absolute atomic E-state index is 6.76. The van der Waals surface area contributed by atoms with Gasteiger partial charge in [0.15, 0.2) is 0 Å². The van der Waals surface area contributed by atoms with Crippen LogP contribution in [0.4, 0.5) is 0 Å². The van der Waals surface area contributed by atoms with Crippen LogP contribution in [-0.4, -0.2) is 0 Å². The summed E-state index contributed by atoms with van der Waals surface area (Å²) < 4.78 is 0. The average Bonchev–Trinajstić information content (AvgIpc) is 2.75. The van der Waals surface area contributed by atoms with Crippen molar-refractivity contribution in [3.63, 3.8) is 0 Å². The van der Waals surface area contributed by atoms with Crippen LogP contribution >= 0.6 is 22.9 Å². The molecule has 1 aliphatic carbocycles. The molecule has 82 valence electrons. The first-order valence-corrected chi connectivity index (χ1v) is 6.71. The van der Waals surface area contributed by atoms with Crippen LogP contribution in [0.3, 0.4) is 0 Å². The largest absolute Gasteiger partial charge is 0.147 e. The number of halogens is 1. The van der Waals surface area contributed by atoms with Crippen molar-refractivity contribution in [3.8, 4) is 0 Å². The van der Waals surface area contributed by atoms with Crippen LogP contribution in [0.5, 0.6) is 0 Å². The van der Waals surface area contributed by atoms with Gasteiger partial charge in [-0.05, 0) is 23.4 Å². The average molecular weight is 249 g/mol. The Morgan fingerprint density at radius 1 is 1.12 bits per heavy atom. The molecule has 0 spiro atoms. The summed E-state index contributed by atoms with van der Waals surface area (Å²) in [4.78, 5) is 1.11. The van der Waals surface area contributed by atoms with Crippen molar-refractivity contribution < 1.29 is 0 Å². The van der Waals surface area contributed by atoms with Gasteiger partial charge < -0.3 is 0 Å². The summed E-state index contributed by atoms with van der Waals surface area (Å²) in [6.07, 6.45) is 1.03. The van der Waals surface area contributed by atoms with E-state index in [1.807, 2.05) is 0 Å². The Bertz CT molecular complexity index is 491. The SMILES string of the molecule is C[C@]1(c2ccccc2)C[C@@]1(Cl)c1cccs1. The molecule has 1 fully saturated rings. The van der Waals surface area contributed by atoms with Gasteiger partial charge in [0.1, 0.15) is 0 Å². The van der Waals surface area contributed by atoms with Crippen LogP contribution in [0.2, 0.25) is 0 Å². The first kappa shape index (κ1) is 10.4. The van der Waals surface area contributed by atoms with Gasteiger partial charge in [-0.3, -0.25) is 0 Å². The fourth-order valence-corrected chi connectivity index (χ4v) is 3.96. The fraction of sp³-hybridized carbons (Fsp3) is 0.286. The molecule has 1 saturated carbocycles. The Kier molecular flexibility index (Phi) is 2.17. The molecule has 2 aromatic rings. The molecule has 1 aromatic carbocycles. The lowest BCUT2D eigenvalue weighted by atomic mass is 9.95. The van der Waals surface area contributed by atoms with Gasteiger partial charge in [-0.1, -0.05) is 43.3 Å². The molecule has 2 atom stereocenters. The van der Waals surface area contributed by atoms with Gasteiger partial charge in [0.05, 0.1) is 4.87 Å². The molecule has 3 rings (SSSR count). The van der Waals surface area contributed by atoms with Crippen LogP contribution in [0, 0.1) is 0 Å². The number of rotatable bonds is 2. The van der Waals surface area contributed by atoms with E-state index in [-0.39, 0.29) is 10.3 Å². The second-order valence-corrected chi connectivity index (χ2v) is 6.25. The monoisotopic (exact) mass is 248 g/mol. The molecule has 0 nitrogen and oxygen atoms in total. The minimum absolute atomic E-state index is 0.0979. The lowest BCUT2D eigenvalue weighted by molar-refractivity contribution is 0.721. The van der Waals surface area contributed by atoms with Crippen LogP contribution in [0.25, 0.3) is 0 Å². The number of hydrogen-bond acceptors (Lipinski definition) is 1. The number of benzene rings is 1. The highest BCUT2D eigenvalue weighted by Crippen LogP contribution is 2.68. The van der Waals surface area contributed by atoms with Crippen molar-refractivity contribution in [2.75, 3.05) is 0 Å². The molecule has 1 heterocycles. The van der Waals surface area contributed by atoms with Crippen molar-refractivity contribution in [3.05, 3.63) is 58.3 Å². The Labute approximate surface area is 105 Å². The summed E-state index contributed by atoms with van der Waals surface area (Å²) >= 11 is 8.52. The fourth-order valence-electron chi connectivity index (χ4n) is 2.44. The smallest absolute Gasteiger partial charge is 0.0890 e. The highest BCUT2D eigenvalue weighted by atomic mass is 35.5. The molecular weight excluding hydrogens is 236 g/mol. The van der Waals surface area contributed by atoms with E-state index in [1.54, 1.807) is 11.3 Å². The Balaban J connectivity index is 2.00. The molecule has 0 unspecified atom stereocenters. The molecule has 1 aliphatic rings. The van der Waals surface area contributed by atoms with Gasteiger partial charge >= 0.3 is 0 Å². The maximum Gasteiger partial charge on any atom is 0.0890 e. The second-order valence-electron chi connectivity index (χ2n) is 4.65. The zero-order valence-electron chi connectivity index (χ0n) is 9.11. The second kappa shape index (κ2) is 3.35. The molecular formula is C14H13ClS. The highest BCUT2D eigenvalue weighted by Gasteiger charge is 2.65. The van der Waals surface area contributed by atoms with Gasteiger partial charge in [-0.25, -0.2) is 0 Å². The third kappa shape index (κ3) is 1.28. The van der Waals surface area contributed by atoms with E-state index in [9.17, 15) is 0 Å². The third-order valence-electron chi connectivity index (χ3n) is 3.67. The Morgan fingerprint density at radius 2 is 1.88 bits per heavy atom. The first-order chi connectivity index (χ1) is 7.67. The van der Waals surface area contributed by atoms with E-state index in [0.29, 0.717) is 0 Å². The number of thiophene rings is 1. The molecule has 0 N–H and O–H groups in total. The molecule has 0 saturated heterocycles. The summed E-state index contributed by atoms with van der Waals surface area (Å²) in [6.45, 7) is 2.26. The lowest BCUT2D eigenvalue weighted by Crippen LogP contribution is -2.12. The molecule has 0 bridgehead atoms. The standard InChI is InChI=1S/C14H13ClS/c1-13(11-6-3-2-4-7-11)10-14(13,15)12-8-5-9-16-12/h2-9H,10H2,1H3/t13-,14-/m1/s1. The minimum Gasteiger partial charge on any atom is -0.147 e. The van der Waals surface area contributed by atoms with Gasteiger partial charge in [0.2, 0.25) is 0 Å². The van der Waals surface area contributed by atoms with Crippen molar-refractivity contribution in [1.29, 1.82) is 0 Å². The number of hydrogen-bond donors (Lipinski definition) is 0. The zero-order valence-corrected chi connectivity index (χ0v) is 10.7. The van der Waals surface area contributed by atoms with E-state index in [1.165, 1.54) is 10.4 Å². The quantitative estimate of drug-likeness (QED) is 0.685. The first-order valence-electron chi connectivity index (χ1n) is 5.45. The lowest BCUT2D eigenvalue weighted by Gasteiger charge is -2.16. The predicted molar refractivity (Wildman–Crippen MR) is 70.3 cm³/mol. The van der Waals surface area contributed by atoms with E-state index in [4.69, 9.17) is 11.6 Å². The molecule has 2 heteroatoms. The van der Waals surface area contributed by atoms with Gasteiger partial charge in [0.25, 0.3) is 0 Å². The topological polar surface area (TPSA) is 0 Å². The van der Waals surface area contributed by atoms with Crippen LogP contribution in [0.1, 0.15) is 23.8 Å². The molecule has 0 radical (unpaired) electrons. The minimum atomic E-state index is -0.178. The normalized spacial score (nSPS) is 32.6. The molecule has 1 aromatic heterocycles. The summed E-state index contributed by atoms with van der Waals surface area (Å²) in [5.74, 6) is 0. The summed E-state index contributed by atoms with van der Waals surface area (Å²) in [5, 5.41) is 2.10. The van der Waals surface area contributed by atoms with Crippen molar-refractivity contribution in [2.45, 2.75) is 23.6 Å². The van der Waals surface area contributed by atoms with Crippen molar-refractivity contribution >= 4 is 22.9 Å². The Morgan fingerprint density at radius 3 is 2.50 bits per heavy atom. The highest BCUT2D eigenvalue weighted by molar-refractivity contribution is 7.10. The van der Waals surface area contributed by atoms with E-state index >= 15 is 0 Å². The molecule has 0 amide bonds. The van der Waals surface area contributed by atoms with Gasteiger partial charge in [-0.15, -0.1) is 22.9 Å².